The molecule has 32 heavy (non-hydrogen) atoms. The van der Waals surface area contributed by atoms with Gasteiger partial charge < -0.3 is 14.4 Å². The number of likely N-dealkylation sites (tertiary alicyclic amines) is 1. The molecule has 2 aromatic carbocycles. The zero-order valence-corrected chi connectivity index (χ0v) is 18.7. The summed E-state index contributed by atoms with van der Waals surface area (Å²) in [5, 5.41) is 11.1. The maximum Gasteiger partial charge on any atom is 0.271 e. The number of anilines is 1. The summed E-state index contributed by atoms with van der Waals surface area (Å²) >= 11 is 0. The Labute approximate surface area is 186 Å². The maximum absolute atomic E-state index is 13.1. The average molecular weight is 464 g/mol. The van der Waals surface area contributed by atoms with Crippen LogP contribution < -0.4 is 14.2 Å². The Kier molecular flexibility index (Phi) is 7.18. The highest BCUT2D eigenvalue weighted by Crippen LogP contribution is 2.32. The number of nitrogens with zero attached hydrogens (tertiary/aromatic N) is 2. The molecule has 1 aliphatic rings. The number of amides is 1. The minimum absolute atomic E-state index is 0.0853. The summed E-state index contributed by atoms with van der Waals surface area (Å²) in [7, 11) is -1.45. The van der Waals surface area contributed by atoms with E-state index in [1.165, 1.54) is 44.6 Å². The summed E-state index contributed by atoms with van der Waals surface area (Å²) in [6.45, 7) is 1.20. The third kappa shape index (κ3) is 5.10. The van der Waals surface area contributed by atoms with Crippen LogP contribution in [0.4, 0.5) is 11.4 Å². The van der Waals surface area contributed by atoms with E-state index in [1.807, 2.05) is 0 Å². The van der Waals surface area contributed by atoms with E-state index in [2.05, 4.69) is 4.72 Å². The lowest BCUT2D eigenvalue weighted by atomic mass is 10.1. The van der Waals surface area contributed by atoms with E-state index >= 15 is 0 Å². The molecule has 0 spiro atoms. The van der Waals surface area contributed by atoms with Crippen LogP contribution in [-0.2, 0) is 10.0 Å². The number of benzene rings is 2. The van der Waals surface area contributed by atoms with Gasteiger partial charge in [0, 0.05) is 25.2 Å². The molecule has 0 aromatic heterocycles. The topological polar surface area (TPSA) is 128 Å². The van der Waals surface area contributed by atoms with Crippen molar-refractivity contribution in [2.45, 2.75) is 30.6 Å². The molecular weight excluding hydrogens is 438 g/mol. The van der Waals surface area contributed by atoms with Gasteiger partial charge >= 0.3 is 0 Å². The van der Waals surface area contributed by atoms with Gasteiger partial charge in [0.05, 0.1) is 35.3 Å². The van der Waals surface area contributed by atoms with Crippen LogP contribution in [0.5, 0.6) is 11.5 Å². The van der Waals surface area contributed by atoms with Crippen LogP contribution in [0.3, 0.4) is 0 Å². The van der Waals surface area contributed by atoms with E-state index in [4.69, 9.17) is 9.47 Å². The van der Waals surface area contributed by atoms with Crippen LogP contribution in [0.25, 0.3) is 0 Å². The van der Waals surface area contributed by atoms with Crippen molar-refractivity contribution in [1.82, 2.24) is 4.90 Å². The monoisotopic (exact) mass is 463 g/mol. The summed E-state index contributed by atoms with van der Waals surface area (Å²) < 4.78 is 38.8. The zero-order chi connectivity index (χ0) is 23.3. The standard InChI is InChI=1S/C21H25N3O7S/c1-30-19-10-8-16(14-17(19)21(25)23-11-5-3-4-6-12-23)32(28,29)22-18-13-15(24(26)27)7-9-20(18)31-2/h7-10,13-14,22H,3-6,11-12H2,1-2H3. The summed E-state index contributed by atoms with van der Waals surface area (Å²) in [5.41, 5.74) is -0.239. The number of nitro benzene ring substituents is 1. The van der Waals surface area contributed by atoms with E-state index < -0.39 is 14.9 Å². The molecule has 1 fully saturated rings. The maximum atomic E-state index is 13.1. The van der Waals surface area contributed by atoms with Crippen molar-refractivity contribution in [1.29, 1.82) is 0 Å². The number of methoxy groups -OCH3 is 2. The summed E-state index contributed by atoms with van der Waals surface area (Å²) in [5.74, 6) is 0.0911. The molecule has 10 nitrogen and oxygen atoms in total. The lowest BCUT2D eigenvalue weighted by molar-refractivity contribution is -0.384. The highest BCUT2D eigenvalue weighted by Gasteiger charge is 2.25. The molecule has 1 amide bonds. The molecule has 0 radical (unpaired) electrons. The van der Waals surface area contributed by atoms with Crippen molar-refractivity contribution in [3.05, 3.63) is 52.1 Å². The highest BCUT2D eigenvalue weighted by atomic mass is 32.2. The smallest absolute Gasteiger partial charge is 0.271 e. The van der Waals surface area contributed by atoms with E-state index in [9.17, 15) is 23.3 Å². The van der Waals surface area contributed by atoms with Gasteiger partial charge in [-0.2, -0.15) is 0 Å². The highest BCUT2D eigenvalue weighted by molar-refractivity contribution is 7.92. The molecular formula is C21H25N3O7S. The minimum Gasteiger partial charge on any atom is -0.496 e. The van der Waals surface area contributed by atoms with Crippen LogP contribution in [0.2, 0.25) is 0 Å². The molecule has 172 valence electrons. The first-order valence-electron chi connectivity index (χ1n) is 10.1. The van der Waals surface area contributed by atoms with Crippen molar-refractivity contribution < 1.29 is 27.6 Å². The van der Waals surface area contributed by atoms with E-state index in [1.54, 1.807) is 4.90 Å². The van der Waals surface area contributed by atoms with Crippen molar-refractivity contribution >= 4 is 27.3 Å². The van der Waals surface area contributed by atoms with Gasteiger partial charge in [-0.15, -0.1) is 0 Å². The molecule has 1 saturated heterocycles. The molecule has 1 N–H and O–H groups in total. The molecule has 1 heterocycles. The lowest BCUT2D eigenvalue weighted by Crippen LogP contribution is -2.32. The van der Waals surface area contributed by atoms with Crippen molar-refractivity contribution in [3.63, 3.8) is 0 Å². The van der Waals surface area contributed by atoms with Crippen LogP contribution in [-0.4, -0.2) is 51.5 Å². The Balaban J connectivity index is 1.97. The van der Waals surface area contributed by atoms with Gasteiger partial charge in [0.1, 0.15) is 11.5 Å². The number of sulfonamides is 1. The second kappa shape index (κ2) is 9.86. The van der Waals surface area contributed by atoms with Crippen molar-refractivity contribution in [2.24, 2.45) is 0 Å². The van der Waals surface area contributed by atoms with Gasteiger partial charge in [-0.25, -0.2) is 8.42 Å². The Bertz CT molecular complexity index is 1110. The summed E-state index contributed by atoms with van der Waals surface area (Å²) in [6, 6.07) is 7.58. The van der Waals surface area contributed by atoms with Gasteiger partial charge in [0.25, 0.3) is 21.6 Å². The Morgan fingerprint density at radius 1 is 1.00 bits per heavy atom. The quantitative estimate of drug-likeness (QED) is 0.492. The van der Waals surface area contributed by atoms with Crippen LogP contribution in [0, 0.1) is 10.1 Å². The molecule has 2 aromatic rings. The Morgan fingerprint density at radius 3 is 2.22 bits per heavy atom. The van der Waals surface area contributed by atoms with Crippen LogP contribution in [0.1, 0.15) is 36.0 Å². The molecule has 11 heteroatoms. The third-order valence-corrected chi connectivity index (χ3v) is 6.61. The summed E-state index contributed by atoms with van der Waals surface area (Å²) in [4.78, 5) is 25.1. The van der Waals surface area contributed by atoms with Gasteiger partial charge in [0.15, 0.2) is 0 Å². The molecule has 0 saturated carbocycles. The fourth-order valence-electron chi connectivity index (χ4n) is 3.56. The fraction of sp³-hybridized carbons (Fsp3) is 0.381. The number of non-ortho nitro benzene ring substituents is 1. The normalized spacial score (nSPS) is 14.4. The second-order valence-electron chi connectivity index (χ2n) is 7.32. The zero-order valence-electron chi connectivity index (χ0n) is 17.9. The number of nitro groups is 1. The number of carbonyl (C=O) groups is 1. The van der Waals surface area contributed by atoms with Gasteiger partial charge in [0.2, 0.25) is 0 Å². The first-order valence-corrected chi connectivity index (χ1v) is 11.6. The lowest BCUT2D eigenvalue weighted by Gasteiger charge is -2.22. The van der Waals surface area contributed by atoms with Crippen molar-refractivity contribution in [3.8, 4) is 11.5 Å². The van der Waals surface area contributed by atoms with Crippen molar-refractivity contribution in [2.75, 3.05) is 32.0 Å². The first kappa shape index (κ1) is 23.3. The molecule has 1 aliphatic heterocycles. The van der Waals surface area contributed by atoms with Gasteiger partial charge in [-0.3, -0.25) is 19.6 Å². The molecule has 0 atom stereocenters. The van der Waals surface area contributed by atoms with Gasteiger partial charge in [-0.05, 0) is 37.1 Å². The number of nitrogens with one attached hydrogen (secondary N) is 1. The molecule has 0 aliphatic carbocycles. The minimum atomic E-state index is -4.19. The Hall–Kier alpha value is -3.34. The summed E-state index contributed by atoms with van der Waals surface area (Å²) in [6.07, 6.45) is 3.87. The third-order valence-electron chi connectivity index (χ3n) is 5.24. The molecule has 0 unspecified atom stereocenters. The Morgan fingerprint density at radius 2 is 1.62 bits per heavy atom. The predicted octanol–water partition coefficient (Wildman–Crippen LogP) is 3.43. The van der Waals surface area contributed by atoms with Crippen LogP contribution in [0.15, 0.2) is 41.3 Å². The number of hydrogen-bond acceptors (Lipinski definition) is 7. The van der Waals surface area contributed by atoms with Gasteiger partial charge in [-0.1, -0.05) is 12.8 Å². The van der Waals surface area contributed by atoms with E-state index in [0.29, 0.717) is 13.1 Å². The number of ether oxygens (including phenoxy) is 2. The number of carbonyl (C=O) groups excluding carboxylic acids is 1. The first-order chi connectivity index (χ1) is 15.3. The van der Waals surface area contributed by atoms with Crippen LogP contribution >= 0.6 is 0 Å². The molecule has 0 bridgehead atoms. The second-order valence-corrected chi connectivity index (χ2v) is 9.00. The largest absolute Gasteiger partial charge is 0.496 e. The predicted molar refractivity (Wildman–Crippen MR) is 118 cm³/mol. The van der Waals surface area contributed by atoms with E-state index in [-0.39, 0.29) is 39.2 Å². The molecule has 3 rings (SSSR count). The average Bonchev–Trinajstić information content (AvgIpc) is 3.07. The SMILES string of the molecule is COc1ccc([N+](=O)[O-])cc1NS(=O)(=O)c1ccc(OC)c(C(=O)N2CCCCCC2)c1. The van der Waals surface area contributed by atoms with E-state index in [0.717, 1.165) is 31.7 Å². The fourth-order valence-corrected chi connectivity index (χ4v) is 4.65. The number of rotatable bonds is 7. The number of hydrogen-bond donors (Lipinski definition) is 1.